The van der Waals surface area contributed by atoms with Crippen LogP contribution >= 0.6 is 22.7 Å². The maximum absolute atomic E-state index is 12.5. The van der Waals surface area contributed by atoms with Crippen molar-refractivity contribution in [3.63, 3.8) is 0 Å². The molecule has 2 aromatic heterocycles. The summed E-state index contributed by atoms with van der Waals surface area (Å²) in [6.45, 7) is 13.9. The smallest absolute Gasteiger partial charge is 0.239 e. The van der Waals surface area contributed by atoms with Gasteiger partial charge in [-0.2, -0.15) is 0 Å². The molecule has 0 aliphatic heterocycles. The second kappa shape index (κ2) is 7.60. The second-order valence-electron chi connectivity index (χ2n) is 6.30. The monoisotopic (exact) mass is 350 g/mol. The Bertz CT molecular complexity index is 685. The van der Waals surface area contributed by atoms with E-state index in [4.69, 9.17) is 0 Å². The molecule has 0 aromatic carbocycles. The van der Waals surface area contributed by atoms with E-state index in [1.165, 1.54) is 25.8 Å². The molecule has 23 heavy (non-hydrogen) atoms. The third kappa shape index (κ3) is 4.66. The molecule has 0 unspecified atom stereocenters. The van der Waals surface area contributed by atoms with E-state index in [2.05, 4.69) is 63.9 Å². The van der Waals surface area contributed by atoms with Crippen LogP contribution in [0.5, 0.6) is 0 Å². The normalized spacial score (nSPS) is 11.5. The van der Waals surface area contributed by atoms with Gasteiger partial charge in [-0.15, -0.1) is 22.7 Å². The van der Waals surface area contributed by atoms with Gasteiger partial charge in [0, 0.05) is 27.2 Å². The van der Waals surface area contributed by atoms with Gasteiger partial charge in [0.1, 0.15) is 0 Å². The first kappa shape index (κ1) is 18.2. The molecule has 0 saturated carbocycles. The SMILES string of the molecule is Cc1ccc(CN(CC(=O)Nc2sc(C)c(C)c2C)C(C)C)s1. The Morgan fingerprint density at radius 1 is 1.13 bits per heavy atom. The lowest BCUT2D eigenvalue weighted by atomic mass is 10.2. The highest BCUT2D eigenvalue weighted by Gasteiger charge is 2.17. The van der Waals surface area contributed by atoms with Crippen LogP contribution in [-0.2, 0) is 11.3 Å². The summed E-state index contributed by atoms with van der Waals surface area (Å²) in [5.41, 5.74) is 2.46. The van der Waals surface area contributed by atoms with Crippen molar-refractivity contribution >= 4 is 33.6 Å². The first-order valence-electron chi connectivity index (χ1n) is 7.93. The van der Waals surface area contributed by atoms with Crippen molar-refractivity contribution in [2.75, 3.05) is 11.9 Å². The van der Waals surface area contributed by atoms with Crippen LogP contribution in [0.25, 0.3) is 0 Å². The van der Waals surface area contributed by atoms with Crippen molar-refractivity contribution < 1.29 is 4.79 Å². The zero-order chi connectivity index (χ0) is 17.1. The number of nitrogens with zero attached hydrogens (tertiary/aromatic N) is 1. The molecule has 1 N–H and O–H groups in total. The molecule has 3 nitrogen and oxygen atoms in total. The van der Waals surface area contributed by atoms with Gasteiger partial charge in [0.15, 0.2) is 0 Å². The Labute approximate surface area is 147 Å². The number of carbonyl (C=O) groups is 1. The minimum absolute atomic E-state index is 0.0660. The van der Waals surface area contributed by atoms with Crippen LogP contribution in [0, 0.1) is 27.7 Å². The molecule has 0 saturated heterocycles. The van der Waals surface area contributed by atoms with Gasteiger partial charge in [-0.25, -0.2) is 0 Å². The zero-order valence-electron chi connectivity index (χ0n) is 14.8. The second-order valence-corrected chi connectivity index (χ2v) is 8.89. The molecule has 0 radical (unpaired) electrons. The van der Waals surface area contributed by atoms with Crippen molar-refractivity contribution in [2.24, 2.45) is 0 Å². The third-order valence-electron chi connectivity index (χ3n) is 4.17. The molecule has 2 heterocycles. The molecular formula is C18H26N2OS2. The average molecular weight is 351 g/mol. The first-order chi connectivity index (χ1) is 10.8. The molecule has 2 aromatic rings. The lowest BCUT2D eigenvalue weighted by Gasteiger charge is -2.25. The Morgan fingerprint density at radius 3 is 2.30 bits per heavy atom. The van der Waals surface area contributed by atoms with Crippen LogP contribution in [0.15, 0.2) is 12.1 Å². The van der Waals surface area contributed by atoms with Gasteiger partial charge in [-0.3, -0.25) is 9.69 Å². The number of anilines is 1. The van der Waals surface area contributed by atoms with Gasteiger partial charge in [-0.05, 0) is 64.8 Å². The summed E-state index contributed by atoms with van der Waals surface area (Å²) in [6, 6.07) is 4.62. The van der Waals surface area contributed by atoms with Crippen LogP contribution in [0.2, 0.25) is 0 Å². The van der Waals surface area contributed by atoms with Crippen molar-refractivity contribution in [3.8, 4) is 0 Å². The van der Waals surface area contributed by atoms with E-state index in [0.717, 1.165) is 11.5 Å². The van der Waals surface area contributed by atoms with Crippen molar-refractivity contribution in [1.82, 2.24) is 4.90 Å². The van der Waals surface area contributed by atoms with Crippen molar-refractivity contribution in [2.45, 2.75) is 54.1 Å². The molecular weight excluding hydrogens is 324 g/mol. The molecule has 0 spiro atoms. The maximum atomic E-state index is 12.5. The lowest BCUT2D eigenvalue weighted by molar-refractivity contribution is -0.117. The van der Waals surface area contributed by atoms with E-state index in [9.17, 15) is 4.79 Å². The molecule has 1 amide bonds. The predicted octanol–water partition coefficient (Wildman–Crippen LogP) is 4.89. The van der Waals surface area contributed by atoms with E-state index < -0.39 is 0 Å². The number of aryl methyl sites for hydroxylation is 2. The van der Waals surface area contributed by atoms with Gasteiger partial charge >= 0.3 is 0 Å². The van der Waals surface area contributed by atoms with E-state index in [0.29, 0.717) is 12.6 Å². The van der Waals surface area contributed by atoms with E-state index >= 15 is 0 Å². The largest absolute Gasteiger partial charge is 0.316 e. The zero-order valence-corrected chi connectivity index (χ0v) is 16.5. The summed E-state index contributed by atoms with van der Waals surface area (Å²) >= 11 is 3.46. The Morgan fingerprint density at radius 2 is 1.83 bits per heavy atom. The standard InChI is InChI=1S/C18H26N2OS2/c1-11(2)20(9-16-8-7-12(3)22-16)10-17(21)19-18-14(5)13(4)15(6)23-18/h7-8,11H,9-10H2,1-6H3,(H,19,21). The van der Waals surface area contributed by atoms with Crippen molar-refractivity contribution in [3.05, 3.63) is 37.9 Å². The molecule has 0 fully saturated rings. The molecule has 126 valence electrons. The number of hydrogen-bond donors (Lipinski definition) is 1. The number of hydrogen-bond acceptors (Lipinski definition) is 4. The third-order valence-corrected chi connectivity index (χ3v) is 6.38. The number of nitrogens with one attached hydrogen (secondary N) is 1. The molecule has 5 heteroatoms. The Balaban J connectivity index is 2.01. The minimum atomic E-state index is 0.0660. The van der Waals surface area contributed by atoms with Gasteiger partial charge < -0.3 is 5.32 Å². The summed E-state index contributed by atoms with van der Waals surface area (Å²) in [6.07, 6.45) is 0. The quantitative estimate of drug-likeness (QED) is 0.804. The number of rotatable bonds is 6. The summed E-state index contributed by atoms with van der Waals surface area (Å²) in [7, 11) is 0. The fourth-order valence-corrected chi connectivity index (χ4v) is 4.40. The van der Waals surface area contributed by atoms with Gasteiger partial charge in [0.25, 0.3) is 0 Å². The van der Waals surface area contributed by atoms with E-state index in [1.807, 2.05) is 0 Å². The molecule has 2 rings (SSSR count). The molecule has 0 aliphatic rings. The van der Waals surface area contributed by atoms with Gasteiger partial charge in [0.2, 0.25) is 5.91 Å². The van der Waals surface area contributed by atoms with Crippen LogP contribution in [0.3, 0.4) is 0 Å². The fraction of sp³-hybridized carbons (Fsp3) is 0.500. The Kier molecular flexibility index (Phi) is 6.00. The summed E-state index contributed by atoms with van der Waals surface area (Å²) < 4.78 is 0. The molecule has 0 atom stereocenters. The highest BCUT2D eigenvalue weighted by atomic mass is 32.1. The Hall–Kier alpha value is -1.17. The van der Waals surface area contributed by atoms with Crippen molar-refractivity contribution in [1.29, 1.82) is 0 Å². The van der Waals surface area contributed by atoms with Gasteiger partial charge in [-0.1, -0.05) is 0 Å². The van der Waals surface area contributed by atoms with Crippen LogP contribution in [0.4, 0.5) is 5.00 Å². The average Bonchev–Trinajstić information content (AvgIpc) is 2.98. The summed E-state index contributed by atoms with van der Waals surface area (Å²) in [4.78, 5) is 18.6. The van der Waals surface area contributed by atoms with Crippen LogP contribution < -0.4 is 5.32 Å². The summed E-state index contributed by atoms with van der Waals surface area (Å²) in [5.74, 6) is 0.0660. The number of carbonyl (C=O) groups excluding carboxylic acids is 1. The van der Waals surface area contributed by atoms with Crippen LogP contribution in [-0.4, -0.2) is 23.4 Å². The van der Waals surface area contributed by atoms with E-state index in [-0.39, 0.29) is 5.91 Å². The molecule has 0 bridgehead atoms. The lowest BCUT2D eigenvalue weighted by Crippen LogP contribution is -2.37. The van der Waals surface area contributed by atoms with E-state index in [1.54, 1.807) is 22.7 Å². The highest BCUT2D eigenvalue weighted by molar-refractivity contribution is 7.16. The maximum Gasteiger partial charge on any atom is 0.239 e. The summed E-state index contributed by atoms with van der Waals surface area (Å²) in [5, 5.41) is 4.08. The first-order valence-corrected chi connectivity index (χ1v) is 9.57. The number of thiophene rings is 2. The predicted molar refractivity (Wildman–Crippen MR) is 102 cm³/mol. The number of amides is 1. The fourth-order valence-electron chi connectivity index (χ4n) is 2.40. The topological polar surface area (TPSA) is 32.3 Å². The van der Waals surface area contributed by atoms with Gasteiger partial charge in [0.05, 0.1) is 11.5 Å². The minimum Gasteiger partial charge on any atom is -0.316 e. The molecule has 0 aliphatic carbocycles. The highest BCUT2D eigenvalue weighted by Crippen LogP contribution is 2.31. The van der Waals surface area contributed by atoms with Crippen LogP contribution in [0.1, 0.15) is 39.6 Å².